The fourth-order valence-corrected chi connectivity index (χ4v) is 1.95. The largest absolute Gasteiger partial charge is 0.339 e. The van der Waals surface area contributed by atoms with Crippen molar-refractivity contribution in [2.75, 3.05) is 7.05 Å². The first kappa shape index (κ1) is 14.2. The standard InChI is InChI=1S/C14H20BrNO/c1-10(2)11(3)16(4)14(17)13-7-5-12(9-15)6-8-13/h5-8,10-11H,9H2,1-4H3. The summed E-state index contributed by atoms with van der Waals surface area (Å²) in [7, 11) is 1.87. The first-order valence-corrected chi connectivity index (χ1v) is 7.01. The van der Waals surface area contributed by atoms with Gasteiger partial charge >= 0.3 is 0 Å². The molecule has 1 rings (SSSR count). The summed E-state index contributed by atoms with van der Waals surface area (Å²) in [5, 5.41) is 0.819. The fraction of sp³-hybridized carbons (Fsp3) is 0.500. The lowest BCUT2D eigenvalue weighted by Crippen LogP contribution is -2.38. The minimum Gasteiger partial charge on any atom is -0.339 e. The van der Waals surface area contributed by atoms with Crippen molar-refractivity contribution in [3.63, 3.8) is 0 Å². The molecule has 1 aromatic rings. The number of rotatable bonds is 4. The van der Waals surface area contributed by atoms with E-state index in [1.807, 2.05) is 36.2 Å². The molecule has 2 nitrogen and oxygen atoms in total. The van der Waals surface area contributed by atoms with Crippen LogP contribution in [0.1, 0.15) is 36.7 Å². The third kappa shape index (κ3) is 3.56. The second-order valence-corrected chi connectivity index (χ2v) is 5.29. The third-order valence-corrected chi connectivity index (χ3v) is 3.90. The van der Waals surface area contributed by atoms with Gasteiger partial charge in [0.05, 0.1) is 0 Å². The number of hydrogen-bond acceptors (Lipinski definition) is 1. The molecule has 1 amide bonds. The van der Waals surface area contributed by atoms with Crippen molar-refractivity contribution in [2.45, 2.75) is 32.1 Å². The number of benzene rings is 1. The summed E-state index contributed by atoms with van der Waals surface area (Å²) in [6, 6.07) is 8.00. The van der Waals surface area contributed by atoms with Crippen molar-refractivity contribution in [1.29, 1.82) is 0 Å². The van der Waals surface area contributed by atoms with E-state index < -0.39 is 0 Å². The normalized spacial score (nSPS) is 12.6. The maximum absolute atomic E-state index is 12.2. The zero-order valence-corrected chi connectivity index (χ0v) is 12.5. The lowest BCUT2D eigenvalue weighted by molar-refractivity contribution is 0.0707. The molecule has 0 aromatic heterocycles. The summed E-state index contributed by atoms with van der Waals surface area (Å²) >= 11 is 3.39. The number of hydrogen-bond donors (Lipinski definition) is 0. The molecular weight excluding hydrogens is 278 g/mol. The smallest absolute Gasteiger partial charge is 0.253 e. The van der Waals surface area contributed by atoms with Crippen molar-refractivity contribution in [1.82, 2.24) is 4.90 Å². The molecule has 0 saturated carbocycles. The van der Waals surface area contributed by atoms with E-state index in [-0.39, 0.29) is 11.9 Å². The highest BCUT2D eigenvalue weighted by Gasteiger charge is 2.19. The van der Waals surface area contributed by atoms with Gasteiger partial charge in [0.25, 0.3) is 5.91 Å². The van der Waals surface area contributed by atoms with E-state index in [4.69, 9.17) is 0 Å². The molecule has 1 atom stereocenters. The molecule has 3 heteroatoms. The van der Waals surface area contributed by atoms with Gasteiger partial charge in [-0.2, -0.15) is 0 Å². The van der Waals surface area contributed by atoms with Crippen LogP contribution in [-0.4, -0.2) is 23.9 Å². The molecule has 0 spiro atoms. The second-order valence-electron chi connectivity index (χ2n) is 4.73. The molecule has 1 unspecified atom stereocenters. The van der Waals surface area contributed by atoms with Crippen molar-refractivity contribution in [3.8, 4) is 0 Å². The third-order valence-electron chi connectivity index (χ3n) is 3.25. The minimum atomic E-state index is 0.0901. The Morgan fingerprint density at radius 2 is 1.76 bits per heavy atom. The van der Waals surface area contributed by atoms with E-state index in [1.54, 1.807) is 0 Å². The minimum absolute atomic E-state index is 0.0901. The average molecular weight is 298 g/mol. The van der Waals surface area contributed by atoms with Gasteiger partial charge in [-0.3, -0.25) is 4.79 Å². The molecule has 0 bridgehead atoms. The van der Waals surface area contributed by atoms with Gasteiger partial charge in [0, 0.05) is 24.0 Å². The maximum Gasteiger partial charge on any atom is 0.253 e. The lowest BCUT2D eigenvalue weighted by Gasteiger charge is -2.28. The zero-order chi connectivity index (χ0) is 13.0. The molecule has 0 aliphatic rings. The molecule has 0 fully saturated rings. The average Bonchev–Trinajstić information content (AvgIpc) is 2.36. The van der Waals surface area contributed by atoms with Crippen molar-refractivity contribution >= 4 is 21.8 Å². The van der Waals surface area contributed by atoms with Crippen molar-refractivity contribution < 1.29 is 4.79 Å². The highest BCUT2D eigenvalue weighted by Crippen LogP contribution is 2.14. The predicted molar refractivity (Wildman–Crippen MR) is 75.5 cm³/mol. The summed E-state index contributed by atoms with van der Waals surface area (Å²) in [5.41, 5.74) is 1.94. The number of carbonyl (C=O) groups excluding carboxylic acids is 1. The van der Waals surface area contributed by atoms with Crippen LogP contribution in [-0.2, 0) is 5.33 Å². The van der Waals surface area contributed by atoms with Gasteiger partial charge in [-0.25, -0.2) is 0 Å². The SMILES string of the molecule is CC(C)C(C)N(C)C(=O)c1ccc(CBr)cc1. The van der Waals surface area contributed by atoms with Gasteiger partial charge in [-0.1, -0.05) is 41.9 Å². The molecular formula is C14H20BrNO. The number of amides is 1. The van der Waals surface area contributed by atoms with E-state index in [9.17, 15) is 4.79 Å². The Morgan fingerprint density at radius 1 is 1.24 bits per heavy atom. The number of nitrogens with zero attached hydrogens (tertiary/aromatic N) is 1. The number of carbonyl (C=O) groups is 1. The Hall–Kier alpha value is -0.830. The predicted octanol–water partition coefficient (Wildman–Crippen LogP) is 3.70. The van der Waals surface area contributed by atoms with Crippen LogP contribution in [0.3, 0.4) is 0 Å². The second kappa shape index (κ2) is 6.20. The maximum atomic E-state index is 12.2. The molecule has 0 saturated heterocycles. The Balaban J connectivity index is 2.81. The van der Waals surface area contributed by atoms with E-state index >= 15 is 0 Å². The monoisotopic (exact) mass is 297 g/mol. The Bertz CT molecular complexity index is 372. The van der Waals surface area contributed by atoms with Gasteiger partial charge in [0.1, 0.15) is 0 Å². The number of alkyl halides is 1. The molecule has 1 aromatic carbocycles. The van der Waals surface area contributed by atoms with Gasteiger partial charge in [0.15, 0.2) is 0 Å². The first-order chi connectivity index (χ1) is 7.97. The van der Waals surface area contributed by atoms with Crippen LogP contribution in [0, 0.1) is 5.92 Å². The van der Waals surface area contributed by atoms with Gasteiger partial charge < -0.3 is 4.90 Å². The van der Waals surface area contributed by atoms with Crippen molar-refractivity contribution in [3.05, 3.63) is 35.4 Å². The summed E-state index contributed by atoms with van der Waals surface area (Å²) < 4.78 is 0. The summed E-state index contributed by atoms with van der Waals surface area (Å²) in [4.78, 5) is 14.0. The van der Waals surface area contributed by atoms with Crippen LogP contribution < -0.4 is 0 Å². The van der Waals surface area contributed by atoms with Gasteiger partial charge in [0.2, 0.25) is 0 Å². The van der Waals surface area contributed by atoms with E-state index in [2.05, 4.69) is 36.7 Å². The highest BCUT2D eigenvalue weighted by molar-refractivity contribution is 9.08. The highest BCUT2D eigenvalue weighted by atomic mass is 79.9. The Kier molecular flexibility index (Phi) is 5.19. The fourth-order valence-electron chi connectivity index (χ4n) is 1.57. The number of halogens is 1. The van der Waals surface area contributed by atoms with E-state index in [1.165, 1.54) is 5.56 Å². The summed E-state index contributed by atoms with van der Waals surface area (Å²) in [5.74, 6) is 0.554. The van der Waals surface area contributed by atoms with Gasteiger partial charge in [-0.05, 0) is 30.5 Å². The van der Waals surface area contributed by atoms with E-state index in [0.717, 1.165) is 10.9 Å². The van der Waals surface area contributed by atoms with Gasteiger partial charge in [-0.15, -0.1) is 0 Å². The van der Waals surface area contributed by atoms with Crippen molar-refractivity contribution in [2.24, 2.45) is 5.92 Å². The van der Waals surface area contributed by atoms with Crippen LogP contribution in [0.5, 0.6) is 0 Å². The van der Waals surface area contributed by atoms with Crippen LogP contribution in [0.2, 0.25) is 0 Å². The topological polar surface area (TPSA) is 20.3 Å². The Labute approximate surface area is 112 Å². The quantitative estimate of drug-likeness (QED) is 0.776. The molecule has 0 N–H and O–H groups in total. The van der Waals surface area contributed by atoms with E-state index in [0.29, 0.717) is 5.92 Å². The molecule has 0 aliphatic carbocycles. The molecule has 0 heterocycles. The summed E-state index contributed by atoms with van der Waals surface area (Å²) in [6.45, 7) is 6.33. The van der Waals surface area contributed by atoms with Crippen LogP contribution in [0.4, 0.5) is 0 Å². The molecule has 94 valence electrons. The Morgan fingerprint density at radius 3 is 2.18 bits per heavy atom. The van der Waals surface area contributed by atoms with Crippen LogP contribution in [0.15, 0.2) is 24.3 Å². The molecule has 0 aliphatic heterocycles. The molecule has 0 radical (unpaired) electrons. The zero-order valence-electron chi connectivity index (χ0n) is 10.9. The lowest BCUT2D eigenvalue weighted by atomic mass is 10.0. The summed E-state index contributed by atoms with van der Waals surface area (Å²) in [6.07, 6.45) is 0. The first-order valence-electron chi connectivity index (χ1n) is 5.89. The molecule has 17 heavy (non-hydrogen) atoms. The van der Waals surface area contributed by atoms with Crippen LogP contribution >= 0.6 is 15.9 Å². The van der Waals surface area contributed by atoms with Crippen LogP contribution in [0.25, 0.3) is 0 Å².